The summed E-state index contributed by atoms with van der Waals surface area (Å²) in [6.45, 7) is 2.22. The van der Waals surface area contributed by atoms with Crippen LogP contribution in [0.5, 0.6) is 0 Å². The van der Waals surface area contributed by atoms with E-state index in [1.807, 2.05) is 17.8 Å². The molecule has 1 aliphatic heterocycles. The van der Waals surface area contributed by atoms with Gasteiger partial charge in [0.25, 0.3) is 0 Å². The van der Waals surface area contributed by atoms with Crippen molar-refractivity contribution in [2.45, 2.75) is 25.4 Å². The van der Waals surface area contributed by atoms with E-state index in [2.05, 4.69) is 12.2 Å². The van der Waals surface area contributed by atoms with E-state index in [4.69, 9.17) is 23.2 Å². The second-order valence-corrected chi connectivity index (χ2v) is 7.20. The van der Waals surface area contributed by atoms with Crippen LogP contribution in [0.15, 0.2) is 6.07 Å². The van der Waals surface area contributed by atoms with Crippen molar-refractivity contribution in [2.75, 3.05) is 11.5 Å². The van der Waals surface area contributed by atoms with Crippen LogP contribution >= 0.6 is 46.3 Å². The van der Waals surface area contributed by atoms with Crippen molar-refractivity contribution in [1.82, 2.24) is 5.32 Å². The molecule has 0 radical (unpaired) electrons. The van der Waals surface area contributed by atoms with Crippen molar-refractivity contribution in [3.8, 4) is 0 Å². The molecule has 2 heterocycles. The van der Waals surface area contributed by atoms with E-state index in [9.17, 15) is 0 Å². The van der Waals surface area contributed by atoms with Gasteiger partial charge < -0.3 is 5.32 Å². The predicted molar refractivity (Wildman–Crippen MR) is 71.6 cm³/mol. The third-order valence-electron chi connectivity index (χ3n) is 2.52. The monoisotopic (exact) mass is 281 g/mol. The highest BCUT2D eigenvalue weighted by atomic mass is 35.5. The lowest BCUT2D eigenvalue weighted by atomic mass is 10.1. The molecule has 0 amide bonds. The number of thiophene rings is 1. The summed E-state index contributed by atoms with van der Waals surface area (Å²) in [5.41, 5.74) is 1.16. The first-order chi connectivity index (χ1) is 7.16. The zero-order chi connectivity index (χ0) is 10.8. The van der Waals surface area contributed by atoms with Crippen LogP contribution in [0.4, 0.5) is 0 Å². The first-order valence-electron chi connectivity index (χ1n) is 4.95. The maximum atomic E-state index is 6.16. The molecule has 5 heteroatoms. The minimum atomic E-state index is 0.351. The van der Waals surface area contributed by atoms with Gasteiger partial charge in [0, 0.05) is 23.4 Å². The molecule has 0 aliphatic carbocycles. The lowest BCUT2D eigenvalue weighted by Gasteiger charge is -2.18. The predicted octanol–water partition coefficient (Wildman–Crippen LogP) is 4.21. The molecular weight excluding hydrogens is 269 g/mol. The molecule has 2 atom stereocenters. The number of halogens is 2. The second kappa shape index (κ2) is 5.28. The smallest absolute Gasteiger partial charge is 0.0992 e. The van der Waals surface area contributed by atoms with Gasteiger partial charge in [-0.25, -0.2) is 0 Å². The Balaban J connectivity index is 2.17. The maximum absolute atomic E-state index is 6.16. The number of rotatable bonds is 1. The molecule has 84 valence electrons. The molecule has 1 aliphatic rings. The number of nitrogens with one attached hydrogen (secondary N) is 1. The molecule has 1 aromatic heterocycles. The SMILES string of the molecule is CC1CCSCC(c2cc(Cl)sc2Cl)N1. The van der Waals surface area contributed by atoms with E-state index in [1.54, 1.807) is 0 Å². The van der Waals surface area contributed by atoms with Gasteiger partial charge in [-0.1, -0.05) is 23.2 Å². The Morgan fingerprint density at radius 1 is 1.47 bits per heavy atom. The summed E-state index contributed by atoms with van der Waals surface area (Å²) in [4.78, 5) is 0. The van der Waals surface area contributed by atoms with Gasteiger partial charge in [0.1, 0.15) is 0 Å². The van der Waals surface area contributed by atoms with Crippen LogP contribution in [0.2, 0.25) is 8.67 Å². The topological polar surface area (TPSA) is 12.0 Å². The minimum Gasteiger partial charge on any atom is -0.307 e. The first-order valence-corrected chi connectivity index (χ1v) is 7.68. The first kappa shape index (κ1) is 12.1. The fourth-order valence-corrected chi connectivity index (χ4v) is 4.48. The summed E-state index contributed by atoms with van der Waals surface area (Å²) < 4.78 is 1.60. The van der Waals surface area contributed by atoms with Crippen LogP contribution in [0, 0.1) is 0 Å². The molecule has 1 saturated heterocycles. The average molecular weight is 282 g/mol. The van der Waals surface area contributed by atoms with Crippen LogP contribution < -0.4 is 5.32 Å². The molecule has 1 aromatic rings. The summed E-state index contributed by atoms with van der Waals surface area (Å²) >= 11 is 15.6. The zero-order valence-corrected chi connectivity index (χ0v) is 11.6. The van der Waals surface area contributed by atoms with Crippen molar-refractivity contribution in [2.24, 2.45) is 0 Å². The summed E-state index contributed by atoms with van der Waals surface area (Å²) in [5.74, 6) is 2.30. The lowest BCUT2D eigenvalue weighted by Crippen LogP contribution is -2.30. The summed E-state index contributed by atoms with van der Waals surface area (Å²) in [6.07, 6.45) is 1.22. The Kier molecular flexibility index (Phi) is 4.24. The Bertz CT molecular complexity index is 340. The van der Waals surface area contributed by atoms with E-state index >= 15 is 0 Å². The Morgan fingerprint density at radius 3 is 2.93 bits per heavy atom. The van der Waals surface area contributed by atoms with Crippen molar-refractivity contribution >= 4 is 46.3 Å². The van der Waals surface area contributed by atoms with Crippen molar-refractivity contribution in [1.29, 1.82) is 0 Å². The largest absolute Gasteiger partial charge is 0.307 e. The van der Waals surface area contributed by atoms with Crippen LogP contribution in [-0.4, -0.2) is 17.5 Å². The Morgan fingerprint density at radius 2 is 2.27 bits per heavy atom. The van der Waals surface area contributed by atoms with E-state index in [0.29, 0.717) is 12.1 Å². The second-order valence-electron chi connectivity index (χ2n) is 3.76. The van der Waals surface area contributed by atoms with Gasteiger partial charge in [-0.2, -0.15) is 11.8 Å². The van der Waals surface area contributed by atoms with Crippen LogP contribution in [0.25, 0.3) is 0 Å². The van der Waals surface area contributed by atoms with Gasteiger partial charge in [-0.15, -0.1) is 11.3 Å². The molecule has 15 heavy (non-hydrogen) atoms. The molecule has 0 aromatic carbocycles. The third-order valence-corrected chi connectivity index (χ3v) is 5.14. The highest BCUT2D eigenvalue weighted by Crippen LogP contribution is 2.37. The molecule has 1 nitrogen and oxygen atoms in total. The van der Waals surface area contributed by atoms with Crippen LogP contribution in [-0.2, 0) is 0 Å². The van der Waals surface area contributed by atoms with Gasteiger partial charge in [-0.3, -0.25) is 0 Å². The molecule has 0 saturated carbocycles. The molecule has 1 N–H and O–H groups in total. The fraction of sp³-hybridized carbons (Fsp3) is 0.600. The minimum absolute atomic E-state index is 0.351. The van der Waals surface area contributed by atoms with Gasteiger partial charge in [0.15, 0.2) is 0 Å². The Labute approximate surface area is 109 Å². The Hall–Kier alpha value is 0.590. The number of hydrogen-bond acceptors (Lipinski definition) is 3. The van der Waals surface area contributed by atoms with Gasteiger partial charge >= 0.3 is 0 Å². The summed E-state index contributed by atoms with van der Waals surface area (Å²) in [7, 11) is 0. The number of thioether (sulfide) groups is 1. The lowest BCUT2D eigenvalue weighted by molar-refractivity contribution is 0.486. The molecule has 2 rings (SSSR count). The fourth-order valence-electron chi connectivity index (χ4n) is 1.71. The standard InChI is InChI=1S/C10H13Cl2NS2/c1-6-2-3-14-5-8(13-6)7-4-9(11)15-10(7)12/h4,6,8,13H,2-3,5H2,1H3. The zero-order valence-electron chi connectivity index (χ0n) is 8.43. The maximum Gasteiger partial charge on any atom is 0.0992 e. The van der Waals surface area contributed by atoms with Crippen molar-refractivity contribution in [3.63, 3.8) is 0 Å². The molecule has 0 spiro atoms. The van der Waals surface area contributed by atoms with Gasteiger partial charge in [0.05, 0.1) is 8.67 Å². The van der Waals surface area contributed by atoms with E-state index < -0.39 is 0 Å². The quantitative estimate of drug-likeness (QED) is 0.828. The summed E-state index contributed by atoms with van der Waals surface area (Å²) in [5, 5.41) is 3.59. The van der Waals surface area contributed by atoms with Crippen molar-refractivity contribution < 1.29 is 0 Å². The van der Waals surface area contributed by atoms with Gasteiger partial charge in [0.2, 0.25) is 0 Å². The highest BCUT2D eigenvalue weighted by molar-refractivity contribution is 7.99. The molecule has 2 unspecified atom stereocenters. The van der Waals surface area contributed by atoms with Gasteiger partial charge in [-0.05, 0) is 25.2 Å². The normalized spacial score (nSPS) is 27.7. The van der Waals surface area contributed by atoms with Crippen molar-refractivity contribution in [3.05, 3.63) is 20.3 Å². The third kappa shape index (κ3) is 3.04. The van der Waals surface area contributed by atoms with E-state index in [0.717, 1.165) is 20.0 Å². The van der Waals surface area contributed by atoms with E-state index in [1.165, 1.54) is 23.5 Å². The van der Waals surface area contributed by atoms with E-state index in [-0.39, 0.29) is 0 Å². The van der Waals surface area contributed by atoms with Crippen LogP contribution in [0.3, 0.4) is 0 Å². The highest BCUT2D eigenvalue weighted by Gasteiger charge is 2.21. The van der Waals surface area contributed by atoms with Crippen LogP contribution in [0.1, 0.15) is 24.9 Å². The molecular formula is C10H13Cl2NS2. The molecule has 0 bridgehead atoms. The molecule has 1 fully saturated rings. The number of hydrogen-bond donors (Lipinski definition) is 1. The summed E-state index contributed by atoms with van der Waals surface area (Å²) in [6, 6.07) is 2.90. The average Bonchev–Trinajstić information content (AvgIpc) is 2.38.